The Kier molecular flexibility index (Phi) is 6.12. The van der Waals surface area contributed by atoms with Crippen LogP contribution in [0.25, 0.3) is 0 Å². The first-order chi connectivity index (χ1) is 13.1. The van der Waals surface area contributed by atoms with Crippen LogP contribution in [-0.4, -0.2) is 36.9 Å². The Hall–Kier alpha value is -2.82. The van der Waals surface area contributed by atoms with Crippen molar-refractivity contribution < 1.29 is 19.1 Å². The number of ether oxygens (including phenoxy) is 2. The van der Waals surface area contributed by atoms with E-state index in [4.69, 9.17) is 9.47 Å². The van der Waals surface area contributed by atoms with E-state index in [1.807, 2.05) is 24.0 Å². The Morgan fingerprint density at radius 2 is 1.74 bits per heavy atom. The van der Waals surface area contributed by atoms with Crippen LogP contribution in [0.5, 0.6) is 11.5 Å². The minimum atomic E-state index is -0.0227. The molecule has 0 saturated heterocycles. The third-order valence-corrected chi connectivity index (χ3v) is 4.83. The summed E-state index contributed by atoms with van der Waals surface area (Å²) in [5.41, 5.74) is 2.98. The number of nitrogens with zero attached hydrogens (tertiary/aromatic N) is 1. The maximum atomic E-state index is 12.6. The van der Waals surface area contributed by atoms with Gasteiger partial charge in [-0.1, -0.05) is 6.07 Å². The second-order valence-electron chi connectivity index (χ2n) is 6.58. The highest BCUT2D eigenvalue weighted by atomic mass is 16.5. The van der Waals surface area contributed by atoms with Gasteiger partial charge in [-0.05, 0) is 60.9 Å². The van der Waals surface area contributed by atoms with E-state index in [0.717, 1.165) is 23.5 Å². The van der Waals surface area contributed by atoms with Gasteiger partial charge in [-0.15, -0.1) is 0 Å². The van der Waals surface area contributed by atoms with Crippen molar-refractivity contribution in [2.75, 3.05) is 20.3 Å². The smallest absolute Gasteiger partial charge is 0.223 e. The molecule has 0 atom stereocenters. The summed E-state index contributed by atoms with van der Waals surface area (Å²) in [6, 6.07) is 13.1. The molecule has 3 rings (SSSR count). The van der Waals surface area contributed by atoms with Gasteiger partial charge < -0.3 is 14.4 Å². The molecule has 27 heavy (non-hydrogen) atoms. The van der Waals surface area contributed by atoms with E-state index in [1.165, 1.54) is 5.56 Å². The molecular weight excluding hydrogens is 342 g/mol. The van der Waals surface area contributed by atoms with Crippen LogP contribution < -0.4 is 9.47 Å². The molecule has 0 spiro atoms. The third kappa shape index (κ3) is 4.67. The van der Waals surface area contributed by atoms with Gasteiger partial charge in [-0.2, -0.15) is 0 Å². The molecule has 0 unspecified atom stereocenters. The van der Waals surface area contributed by atoms with Crippen molar-refractivity contribution in [1.82, 2.24) is 4.90 Å². The fourth-order valence-corrected chi connectivity index (χ4v) is 3.30. The Morgan fingerprint density at radius 1 is 1.00 bits per heavy atom. The summed E-state index contributed by atoms with van der Waals surface area (Å²) < 4.78 is 10.7. The lowest BCUT2D eigenvalue weighted by Gasteiger charge is -2.29. The molecule has 0 saturated carbocycles. The van der Waals surface area contributed by atoms with Crippen molar-refractivity contribution in [2.45, 2.75) is 32.7 Å². The number of amides is 1. The molecule has 142 valence electrons. The highest BCUT2D eigenvalue weighted by Crippen LogP contribution is 2.24. The van der Waals surface area contributed by atoms with Crippen LogP contribution in [0.3, 0.4) is 0 Å². The zero-order valence-corrected chi connectivity index (χ0v) is 15.9. The average molecular weight is 367 g/mol. The number of ketones is 1. The van der Waals surface area contributed by atoms with Gasteiger partial charge in [0.25, 0.3) is 0 Å². The van der Waals surface area contributed by atoms with E-state index in [1.54, 1.807) is 31.4 Å². The topological polar surface area (TPSA) is 55.8 Å². The highest BCUT2D eigenvalue weighted by Gasteiger charge is 2.21. The minimum Gasteiger partial charge on any atom is -0.497 e. The molecule has 0 fully saturated rings. The summed E-state index contributed by atoms with van der Waals surface area (Å²) >= 11 is 0. The number of hydrogen-bond acceptors (Lipinski definition) is 4. The van der Waals surface area contributed by atoms with Gasteiger partial charge in [0.2, 0.25) is 5.91 Å². The number of carbonyl (C=O) groups is 2. The lowest BCUT2D eigenvalue weighted by molar-refractivity contribution is -0.132. The monoisotopic (exact) mass is 367 g/mol. The minimum absolute atomic E-state index is 0.0164. The number of benzene rings is 2. The predicted octanol–water partition coefficient (Wildman–Crippen LogP) is 3.64. The molecule has 2 aromatic rings. The summed E-state index contributed by atoms with van der Waals surface area (Å²) in [6.45, 7) is 3.77. The number of hydrogen-bond donors (Lipinski definition) is 0. The summed E-state index contributed by atoms with van der Waals surface area (Å²) in [6.07, 6.45) is 1.28. The second-order valence-corrected chi connectivity index (χ2v) is 6.58. The predicted molar refractivity (Wildman–Crippen MR) is 103 cm³/mol. The highest BCUT2D eigenvalue weighted by molar-refractivity contribution is 5.98. The number of Topliss-reactive ketones (excluding diaryl/α,β-unsaturated/α-hetero) is 1. The Morgan fingerprint density at radius 3 is 2.44 bits per heavy atom. The van der Waals surface area contributed by atoms with Gasteiger partial charge in [0.1, 0.15) is 11.5 Å². The Bertz CT molecular complexity index is 814. The van der Waals surface area contributed by atoms with Gasteiger partial charge in [0.05, 0.1) is 13.7 Å². The second kappa shape index (κ2) is 8.71. The molecule has 1 aliphatic heterocycles. The first-order valence-electron chi connectivity index (χ1n) is 9.30. The summed E-state index contributed by atoms with van der Waals surface area (Å²) in [7, 11) is 1.64. The van der Waals surface area contributed by atoms with Crippen molar-refractivity contribution in [3.05, 3.63) is 59.2 Å². The summed E-state index contributed by atoms with van der Waals surface area (Å²) in [4.78, 5) is 26.7. The SMILES string of the molecule is CCOc1ccc(C(=O)CCC(=O)N2CCc3ccc(OC)cc3C2)cc1. The molecule has 1 aliphatic rings. The largest absolute Gasteiger partial charge is 0.497 e. The van der Waals surface area contributed by atoms with E-state index < -0.39 is 0 Å². The maximum Gasteiger partial charge on any atom is 0.223 e. The van der Waals surface area contributed by atoms with Crippen LogP contribution in [0, 0.1) is 0 Å². The molecule has 0 aliphatic carbocycles. The number of rotatable bonds is 7. The number of fused-ring (bicyclic) bond motifs is 1. The van der Waals surface area contributed by atoms with Crippen molar-refractivity contribution >= 4 is 11.7 Å². The summed E-state index contributed by atoms with van der Waals surface area (Å²) in [5, 5.41) is 0. The zero-order chi connectivity index (χ0) is 19.2. The number of carbonyl (C=O) groups excluding carboxylic acids is 2. The molecule has 0 N–H and O–H groups in total. The van der Waals surface area contributed by atoms with Crippen LogP contribution in [0.4, 0.5) is 0 Å². The molecule has 1 heterocycles. The van der Waals surface area contributed by atoms with Crippen molar-refractivity contribution in [2.24, 2.45) is 0 Å². The van der Waals surface area contributed by atoms with E-state index in [2.05, 4.69) is 6.07 Å². The fraction of sp³-hybridized carbons (Fsp3) is 0.364. The Balaban J connectivity index is 1.55. The lowest BCUT2D eigenvalue weighted by atomic mass is 9.98. The third-order valence-electron chi connectivity index (χ3n) is 4.83. The van der Waals surface area contributed by atoms with Crippen LogP contribution in [0.2, 0.25) is 0 Å². The van der Waals surface area contributed by atoms with Gasteiger partial charge in [-0.3, -0.25) is 9.59 Å². The van der Waals surface area contributed by atoms with Crippen LogP contribution in [-0.2, 0) is 17.8 Å². The number of methoxy groups -OCH3 is 1. The quantitative estimate of drug-likeness (QED) is 0.701. The molecule has 0 aromatic heterocycles. The molecular formula is C22H25NO4. The van der Waals surface area contributed by atoms with Crippen LogP contribution >= 0.6 is 0 Å². The van der Waals surface area contributed by atoms with Crippen molar-refractivity contribution in [3.8, 4) is 11.5 Å². The normalized spacial score (nSPS) is 13.0. The first kappa shape index (κ1) is 19.0. The standard InChI is InChI=1S/C22H25NO4/c1-3-27-19-7-5-17(6-8-19)21(24)10-11-22(25)23-13-12-16-4-9-20(26-2)14-18(16)15-23/h4-9,14H,3,10-13,15H2,1-2H3. The molecule has 0 bridgehead atoms. The zero-order valence-electron chi connectivity index (χ0n) is 15.9. The van der Waals surface area contributed by atoms with E-state index in [0.29, 0.717) is 25.3 Å². The lowest BCUT2D eigenvalue weighted by Crippen LogP contribution is -2.36. The maximum absolute atomic E-state index is 12.6. The molecule has 5 heteroatoms. The molecule has 2 aromatic carbocycles. The van der Waals surface area contributed by atoms with Crippen LogP contribution in [0.15, 0.2) is 42.5 Å². The van der Waals surface area contributed by atoms with E-state index >= 15 is 0 Å². The van der Waals surface area contributed by atoms with Gasteiger partial charge in [0, 0.05) is 31.5 Å². The molecule has 0 radical (unpaired) electrons. The van der Waals surface area contributed by atoms with E-state index in [9.17, 15) is 9.59 Å². The fourth-order valence-electron chi connectivity index (χ4n) is 3.30. The molecule has 1 amide bonds. The van der Waals surface area contributed by atoms with Gasteiger partial charge >= 0.3 is 0 Å². The Labute approximate surface area is 159 Å². The van der Waals surface area contributed by atoms with Gasteiger partial charge in [-0.25, -0.2) is 0 Å². The first-order valence-corrected chi connectivity index (χ1v) is 9.30. The van der Waals surface area contributed by atoms with Crippen LogP contribution in [0.1, 0.15) is 41.3 Å². The van der Waals surface area contributed by atoms with Crippen molar-refractivity contribution in [1.29, 1.82) is 0 Å². The molecule has 5 nitrogen and oxygen atoms in total. The van der Waals surface area contributed by atoms with Crippen molar-refractivity contribution in [3.63, 3.8) is 0 Å². The van der Waals surface area contributed by atoms with E-state index in [-0.39, 0.29) is 24.5 Å². The summed E-state index contributed by atoms with van der Waals surface area (Å²) in [5.74, 6) is 1.54. The average Bonchev–Trinajstić information content (AvgIpc) is 2.71. The van der Waals surface area contributed by atoms with Gasteiger partial charge in [0.15, 0.2) is 5.78 Å².